The van der Waals surface area contributed by atoms with Crippen LogP contribution in [-0.2, 0) is 11.2 Å². The maximum absolute atomic E-state index is 8.93. The van der Waals surface area contributed by atoms with Crippen LogP contribution in [0.15, 0.2) is 35.0 Å². The third-order valence-electron chi connectivity index (χ3n) is 4.72. The molecule has 0 amide bonds. The highest BCUT2D eigenvalue weighted by molar-refractivity contribution is 7.08. The van der Waals surface area contributed by atoms with E-state index < -0.39 is 0 Å². The van der Waals surface area contributed by atoms with Crippen molar-refractivity contribution in [3.05, 3.63) is 51.7 Å². The van der Waals surface area contributed by atoms with Gasteiger partial charge in [-0.15, -0.1) is 0 Å². The second-order valence-corrected chi connectivity index (χ2v) is 6.81. The van der Waals surface area contributed by atoms with E-state index in [-0.39, 0.29) is 6.10 Å². The maximum Gasteiger partial charge on any atom is 0.0895 e. The van der Waals surface area contributed by atoms with Crippen LogP contribution in [0.1, 0.15) is 41.7 Å². The molecule has 0 aliphatic carbocycles. The number of thiophene rings is 1. The summed E-state index contributed by atoms with van der Waals surface area (Å²) in [6.45, 7) is 0.833. The standard InChI is InChI=1S/C18H18N2OS/c19-7-5-12-3-4-16-15(10-12)18-14(2-1-8-21-18)17(20-16)13-6-9-22-11-13/h3-4,6,9-11,14,17-18,20H,1-2,5,8H2. The van der Waals surface area contributed by atoms with Crippen LogP contribution in [0.5, 0.6) is 0 Å². The van der Waals surface area contributed by atoms with E-state index in [9.17, 15) is 0 Å². The number of ether oxygens (including phenoxy) is 1. The average Bonchev–Trinajstić information content (AvgIpc) is 3.09. The first-order valence-electron chi connectivity index (χ1n) is 7.77. The van der Waals surface area contributed by atoms with Crippen molar-refractivity contribution >= 4 is 17.0 Å². The van der Waals surface area contributed by atoms with Crippen molar-refractivity contribution in [1.29, 1.82) is 5.26 Å². The highest BCUT2D eigenvalue weighted by Crippen LogP contribution is 2.49. The smallest absolute Gasteiger partial charge is 0.0895 e. The van der Waals surface area contributed by atoms with Gasteiger partial charge in [-0.3, -0.25) is 0 Å². The van der Waals surface area contributed by atoms with Gasteiger partial charge in [0.2, 0.25) is 0 Å². The largest absolute Gasteiger partial charge is 0.378 e. The summed E-state index contributed by atoms with van der Waals surface area (Å²) in [6, 6.07) is 11.1. The molecule has 1 aromatic heterocycles. The molecule has 1 aromatic carbocycles. The molecule has 0 spiro atoms. The summed E-state index contributed by atoms with van der Waals surface area (Å²) in [7, 11) is 0. The monoisotopic (exact) mass is 310 g/mol. The Bertz CT molecular complexity index is 704. The van der Waals surface area contributed by atoms with Gasteiger partial charge in [-0.2, -0.15) is 16.6 Å². The maximum atomic E-state index is 8.93. The fourth-order valence-electron chi connectivity index (χ4n) is 3.70. The molecule has 2 aliphatic heterocycles. The van der Waals surface area contributed by atoms with Crippen LogP contribution in [-0.4, -0.2) is 6.61 Å². The third kappa shape index (κ3) is 2.31. The minimum absolute atomic E-state index is 0.147. The van der Waals surface area contributed by atoms with Crippen molar-refractivity contribution in [2.75, 3.05) is 11.9 Å². The fourth-order valence-corrected chi connectivity index (χ4v) is 4.40. The first kappa shape index (κ1) is 13.8. The van der Waals surface area contributed by atoms with Crippen molar-refractivity contribution in [3.63, 3.8) is 0 Å². The Morgan fingerprint density at radius 1 is 1.36 bits per heavy atom. The molecule has 1 saturated heterocycles. The molecule has 0 saturated carbocycles. The van der Waals surface area contributed by atoms with Gasteiger partial charge in [0.25, 0.3) is 0 Å². The highest BCUT2D eigenvalue weighted by atomic mass is 32.1. The minimum Gasteiger partial charge on any atom is -0.378 e. The average molecular weight is 310 g/mol. The number of nitriles is 1. The zero-order valence-electron chi connectivity index (χ0n) is 12.3. The molecule has 0 bridgehead atoms. The van der Waals surface area contributed by atoms with Crippen LogP contribution >= 0.6 is 11.3 Å². The summed E-state index contributed by atoms with van der Waals surface area (Å²) >= 11 is 1.75. The third-order valence-corrected chi connectivity index (χ3v) is 5.42. The summed E-state index contributed by atoms with van der Waals surface area (Å²) in [5.74, 6) is 0.466. The summed E-state index contributed by atoms with van der Waals surface area (Å²) in [5, 5.41) is 17.0. The highest BCUT2D eigenvalue weighted by Gasteiger charge is 2.39. The van der Waals surface area contributed by atoms with Crippen LogP contribution in [0.3, 0.4) is 0 Å². The van der Waals surface area contributed by atoms with Crippen molar-refractivity contribution in [3.8, 4) is 6.07 Å². The van der Waals surface area contributed by atoms with E-state index in [0.29, 0.717) is 18.4 Å². The Labute approximate surface area is 134 Å². The van der Waals surface area contributed by atoms with E-state index >= 15 is 0 Å². The normalized spacial score (nSPS) is 26.4. The first-order chi connectivity index (χ1) is 10.9. The fraction of sp³-hybridized carbons (Fsp3) is 0.389. The van der Waals surface area contributed by atoms with Gasteiger partial charge in [0.15, 0.2) is 0 Å². The van der Waals surface area contributed by atoms with E-state index in [2.05, 4.69) is 40.3 Å². The number of nitrogens with one attached hydrogen (secondary N) is 1. The molecule has 1 fully saturated rings. The molecular formula is C18H18N2OS. The van der Waals surface area contributed by atoms with Crippen LogP contribution in [0.2, 0.25) is 0 Å². The lowest BCUT2D eigenvalue weighted by Crippen LogP contribution is -2.35. The summed E-state index contributed by atoms with van der Waals surface area (Å²) in [5.41, 5.74) is 4.81. The van der Waals surface area contributed by atoms with Crippen LogP contribution < -0.4 is 5.32 Å². The van der Waals surface area contributed by atoms with Crippen LogP contribution in [0.25, 0.3) is 0 Å². The summed E-state index contributed by atoms with van der Waals surface area (Å²) in [6.07, 6.45) is 2.91. The van der Waals surface area contributed by atoms with Crippen molar-refractivity contribution in [2.45, 2.75) is 31.4 Å². The Balaban J connectivity index is 1.75. The van der Waals surface area contributed by atoms with Gasteiger partial charge in [0, 0.05) is 23.8 Å². The van der Waals surface area contributed by atoms with Crippen molar-refractivity contribution in [1.82, 2.24) is 0 Å². The number of hydrogen-bond acceptors (Lipinski definition) is 4. The minimum atomic E-state index is 0.147. The molecule has 1 N–H and O–H groups in total. The SMILES string of the molecule is N#CCc1ccc2c(c1)C1OCCCC1C(c1ccsc1)N2. The number of rotatable bonds is 2. The molecule has 22 heavy (non-hydrogen) atoms. The quantitative estimate of drug-likeness (QED) is 0.891. The molecule has 4 heteroatoms. The predicted octanol–water partition coefficient (Wildman–Crippen LogP) is 4.45. The molecule has 3 nitrogen and oxygen atoms in total. The van der Waals surface area contributed by atoms with Gasteiger partial charge in [-0.25, -0.2) is 0 Å². The zero-order valence-corrected chi connectivity index (χ0v) is 13.1. The number of fused-ring (bicyclic) bond motifs is 3. The van der Waals surface area contributed by atoms with Gasteiger partial charge < -0.3 is 10.1 Å². The van der Waals surface area contributed by atoms with Gasteiger partial charge in [-0.1, -0.05) is 12.1 Å². The lowest BCUT2D eigenvalue weighted by atomic mass is 9.77. The summed E-state index contributed by atoms with van der Waals surface area (Å²) < 4.78 is 6.15. The molecule has 3 heterocycles. The van der Waals surface area contributed by atoms with E-state index in [1.54, 1.807) is 11.3 Å². The molecule has 2 aliphatic rings. The van der Waals surface area contributed by atoms with E-state index in [4.69, 9.17) is 10.00 Å². The Morgan fingerprint density at radius 2 is 2.32 bits per heavy atom. The second kappa shape index (κ2) is 5.75. The van der Waals surface area contributed by atoms with Crippen LogP contribution in [0.4, 0.5) is 5.69 Å². The lowest BCUT2D eigenvalue weighted by Gasteiger charge is -2.43. The lowest BCUT2D eigenvalue weighted by molar-refractivity contribution is -0.0381. The molecule has 2 aromatic rings. The van der Waals surface area contributed by atoms with Gasteiger partial charge in [0.05, 0.1) is 24.6 Å². The number of anilines is 1. The first-order valence-corrected chi connectivity index (χ1v) is 8.71. The van der Waals surface area contributed by atoms with Gasteiger partial charge in [0.1, 0.15) is 0 Å². The molecular weight excluding hydrogens is 292 g/mol. The molecule has 4 rings (SSSR count). The Kier molecular flexibility index (Phi) is 3.61. The van der Waals surface area contributed by atoms with E-state index in [1.807, 2.05) is 6.07 Å². The Hall–Kier alpha value is -1.83. The van der Waals surface area contributed by atoms with Gasteiger partial charge >= 0.3 is 0 Å². The number of benzene rings is 1. The van der Waals surface area contributed by atoms with E-state index in [0.717, 1.165) is 24.3 Å². The topological polar surface area (TPSA) is 45.0 Å². The molecule has 0 radical (unpaired) electrons. The number of hydrogen-bond donors (Lipinski definition) is 1. The second-order valence-electron chi connectivity index (χ2n) is 6.03. The molecule has 3 unspecified atom stereocenters. The van der Waals surface area contributed by atoms with Crippen molar-refractivity contribution in [2.24, 2.45) is 5.92 Å². The molecule has 3 atom stereocenters. The predicted molar refractivity (Wildman–Crippen MR) is 87.9 cm³/mol. The van der Waals surface area contributed by atoms with Crippen LogP contribution in [0, 0.1) is 17.2 Å². The number of nitrogens with zero attached hydrogens (tertiary/aromatic N) is 1. The summed E-state index contributed by atoms with van der Waals surface area (Å²) in [4.78, 5) is 0. The van der Waals surface area contributed by atoms with Crippen molar-refractivity contribution < 1.29 is 4.74 Å². The Morgan fingerprint density at radius 3 is 3.14 bits per heavy atom. The van der Waals surface area contributed by atoms with E-state index in [1.165, 1.54) is 17.5 Å². The zero-order chi connectivity index (χ0) is 14.9. The molecule has 112 valence electrons. The van der Waals surface area contributed by atoms with Gasteiger partial charge in [-0.05, 0) is 46.9 Å².